The predicted octanol–water partition coefficient (Wildman–Crippen LogP) is 0.274. The van der Waals surface area contributed by atoms with E-state index < -0.39 is 0 Å². The molecule has 0 bridgehead atoms. The topological polar surface area (TPSA) is 115 Å². The lowest BCUT2D eigenvalue weighted by Gasteiger charge is -2.35. The maximum absolute atomic E-state index is 9.71. The zero-order chi connectivity index (χ0) is 17.4. The van der Waals surface area contributed by atoms with E-state index in [2.05, 4.69) is 15.0 Å². The summed E-state index contributed by atoms with van der Waals surface area (Å²) >= 11 is 0. The number of hydrogen-bond donors (Lipinski definition) is 2. The van der Waals surface area contributed by atoms with E-state index in [-0.39, 0.29) is 18.6 Å². The molecule has 1 unspecified atom stereocenters. The second-order valence-electron chi connectivity index (χ2n) is 6.00. The second-order valence-corrected chi connectivity index (χ2v) is 6.00. The van der Waals surface area contributed by atoms with Crippen molar-refractivity contribution in [2.45, 2.75) is 13.0 Å². The van der Waals surface area contributed by atoms with Crippen molar-refractivity contribution in [2.75, 3.05) is 37.0 Å². The third-order valence-corrected chi connectivity index (χ3v) is 4.22. The summed E-state index contributed by atoms with van der Waals surface area (Å²) in [6.07, 6.45) is 7.12. The minimum atomic E-state index is -0.153. The third-order valence-electron chi connectivity index (χ3n) is 4.22. The van der Waals surface area contributed by atoms with Crippen LogP contribution in [0.1, 0.15) is 5.69 Å². The van der Waals surface area contributed by atoms with Crippen LogP contribution >= 0.6 is 0 Å². The van der Waals surface area contributed by atoms with Crippen LogP contribution in [0.2, 0.25) is 0 Å². The van der Waals surface area contributed by atoms with Gasteiger partial charge in [-0.25, -0.2) is 19.9 Å². The summed E-state index contributed by atoms with van der Waals surface area (Å²) in [5.74, 6) is 0.932. The van der Waals surface area contributed by atoms with Crippen LogP contribution in [0.4, 0.5) is 11.8 Å². The zero-order valence-corrected chi connectivity index (χ0v) is 13.8. The highest BCUT2D eigenvalue weighted by molar-refractivity contribution is 5.70. The third kappa shape index (κ3) is 2.87. The molecule has 1 atom stereocenters. The number of rotatable bonds is 3. The molecule has 9 nitrogen and oxygen atoms in total. The first-order valence-corrected chi connectivity index (χ1v) is 8.05. The summed E-state index contributed by atoms with van der Waals surface area (Å²) < 4.78 is 7.42. The number of anilines is 2. The number of morpholine rings is 1. The SMILES string of the molecule is Cc1cn2cc(-c3cnc(N)nc3)nc(N3CCOCC3CO)c2n1. The minimum absolute atomic E-state index is 0.0112. The Morgan fingerprint density at radius 3 is 2.84 bits per heavy atom. The Hall–Kier alpha value is -2.78. The van der Waals surface area contributed by atoms with E-state index in [9.17, 15) is 5.11 Å². The molecule has 1 fully saturated rings. The highest BCUT2D eigenvalue weighted by Gasteiger charge is 2.26. The van der Waals surface area contributed by atoms with E-state index in [0.29, 0.717) is 31.3 Å². The van der Waals surface area contributed by atoms with Crippen LogP contribution in [-0.2, 0) is 4.74 Å². The van der Waals surface area contributed by atoms with E-state index in [1.807, 2.05) is 28.6 Å². The van der Waals surface area contributed by atoms with Crippen LogP contribution in [0.3, 0.4) is 0 Å². The molecule has 3 aromatic rings. The number of aromatic nitrogens is 5. The summed E-state index contributed by atoms with van der Waals surface area (Å²) in [6, 6.07) is -0.153. The Balaban J connectivity index is 1.87. The summed E-state index contributed by atoms with van der Waals surface area (Å²) in [6.45, 7) is 3.61. The van der Waals surface area contributed by atoms with Gasteiger partial charge in [-0.2, -0.15) is 0 Å². The number of aliphatic hydroxyl groups excluding tert-OH is 1. The highest BCUT2D eigenvalue weighted by Crippen LogP contribution is 2.27. The number of nitrogens with two attached hydrogens (primary N) is 1. The van der Waals surface area contributed by atoms with Gasteiger partial charge in [0.15, 0.2) is 11.5 Å². The van der Waals surface area contributed by atoms with Crippen molar-refractivity contribution >= 4 is 17.4 Å². The molecule has 9 heteroatoms. The van der Waals surface area contributed by atoms with Gasteiger partial charge in [0.1, 0.15) is 0 Å². The Labute approximate surface area is 144 Å². The van der Waals surface area contributed by atoms with Crippen LogP contribution in [0.15, 0.2) is 24.8 Å². The lowest BCUT2D eigenvalue weighted by atomic mass is 10.2. The first kappa shape index (κ1) is 15.7. The second kappa shape index (κ2) is 6.26. The van der Waals surface area contributed by atoms with Gasteiger partial charge in [-0.15, -0.1) is 0 Å². The van der Waals surface area contributed by atoms with Gasteiger partial charge >= 0.3 is 0 Å². The van der Waals surface area contributed by atoms with Gasteiger partial charge in [-0.05, 0) is 6.92 Å². The molecular weight excluding hydrogens is 322 g/mol. The van der Waals surface area contributed by atoms with Crippen molar-refractivity contribution < 1.29 is 9.84 Å². The number of fused-ring (bicyclic) bond motifs is 1. The van der Waals surface area contributed by atoms with Gasteiger partial charge < -0.3 is 24.9 Å². The summed E-state index contributed by atoms with van der Waals surface area (Å²) in [7, 11) is 0. The summed E-state index contributed by atoms with van der Waals surface area (Å²) in [5.41, 5.74) is 8.69. The molecule has 4 rings (SSSR count). The minimum Gasteiger partial charge on any atom is -0.394 e. The molecule has 3 aromatic heterocycles. The van der Waals surface area contributed by atoms with Crippen LogP contribution in [0.25, 0.3) is 16.9 Å². The monoisotopic (exact) mass is 341 g/mol. The average molecular weight is 341 g/mol. The molecule has 0 amide bonds. The van der Waals surface area contributed by atoms with Gasteiger partial charge in [-0.1, -0.05) is 0 Å². The molecule has 0 spiro atoms. The Morgan fingerprint density at radius 1 is 1.28 bits per heavy atom. The molecule has 130 valence electrons. The Morgan fingerprint density at radius 2 is 2.08 bits per heavy atom. The zero-order valence-electron chi connectivity index (χ0n) is 13.8. The molecular formula is C16H19N7O2. The number of aliphatic hydroxyl groups is 1. The van der Waals surface area contributed by atoms with E-state index in [0.717, 1.165) is 16.9 Å². The number of hydrogen-bond acceptors (Lipinski definition) is 8. The van der Waals surface area contributed by atoms with Crippen LogP contribution in [-0.4, -0.2) is 61.9 Å². The predicted molar refractivity (Wildman–Crippen MR) is 92.2 cm³/mol. The molecule has 1 aliphatic rings. The highest BCUT2D eigenvalue weighted by atomic mass is 16.5. The van der Waals surface area contributed by atoms with Crippen LogP contribution in [0.5, 0.6) is 0 Å². The lowest BCUT2D eigenvalue weighted by molar-refractivity contribution is 0.0724. The first-order valence-electron chi connectivity index (χ1n) is 8.05. The van der Waals surface area contributed by atoms with Gasteiger partial charge in [0.25, 0.3) is 0 Å². The maximum Gasteiger partial charge on any atom is 0.219 e. The lowest BCUT2D eigenvalue weighted by Crippen LogP contribution is -2.48. The maximum atomic E-state index is 9.71. The summed E-state index contributed by atoms with van der Waals surface area (Å²) in [5, 5.41) is 9.71. The summed E-state index contributed by atoms with van der Waals surface area (Å²) in [4.78, 5) is 19.5. The fraction of sp³-hybridized carbons (Fsp3) is 0.375. The average Bonchev–Trinajstić information content (AvgIpc) is 3.01. The first-order chi connectivity index (χ1) is 12.2. The van der Waals surface area contributed by atoms with Gasteiger partial charge in [0.2, 0.25) is 5.95 Å². The molecule has 0 aromatic carbocycles. The number of aryl methyl sites for hydroxylation is 1. The quantitative estimate of drug-likeness (QED) is 0.698. The smallest absolute Gasteiger partial charge is 0.219 e. The van der Waals surface area contributed by atoms with Gasteiger partial charge in [-0.3, -0.25) is 0 Å². The van der Waals surface area contributed by atoms with E-state index in [4.69, 9.17) is 15.5 Å². The fourth-order valence-corrected chi connectivity index (χ4v) is 2.99. The van der Waals surface area contributed by atoms with E-state index >= 15 is 0 Å². The molecule has 0 saturated carbocycles. The molecule has 0 radical (unpaired) electrons. The molecule has 4 heterocycles. The standard InChI is InChI=1S/C16H19N7O2/c1-10-6-22-7-13(11-4-18-16(17)19-5-11)21-15(14(22)20-10)23-2-3-25-9-12(23)8-24/h4-7,12,24H,2-3,8-9H2,1H3,(H2,17,18,19). The number of nitrogens with zero attached hydrogens (tertiary/aromatic N) is 6. The van der Waals surface area contributed by atoms with Gasteiger partial charge in [0.05, 0.1) is 37.3 Å². The largest absolute Gasteiger partial charge is 0.394 e. The fourth-order valence-electron chi connectivity index (χ4n) is 2.99. The molecule has 25 heavy (non-hydrogen) atoms. The van der Waals surface area contributed by atoms with Crippen molar-refractivity contribution in [3.8, 4) is 11.3 Å². The number of nitrogen functional groups attached to an aromatic ring is 1. The normalized spacial score (nSPS) is 18.0. The van der Waals surface area contributed by atoms with Gasteiger partial charge in [0, 0.05) is 36.9 Å². The van der Waals surface area contributed by atoms with Crippen molar-refractivity contribution in [3.05, 3.63) is 30.5 Å². The van der Waals surface area contributed by atoms with E-state index in [1.165, 1.54) is 0 Å². The van der Waals surface area contributed by atoms with E-state index in [1.54, 1.807) is 12.4 Å². The van der Waals surface area contributed by atoms with Crippen LogP contribution in [0, 0.1) is 6.92 Å². The Kier molecular flexibility index (Phi) is 3.94. The molecule has 3 N–H and O–H groups in total. The van der Waals surface area contributed by atoms with Crippen LogP contribution < -0.4 is 10.6 Å². The number of ether oxygens (including phenoxy) is 1. The molecule has 0 aliphatic carbocycles. The van der Waals surface area contributed by atoms with Crippen molar-refractivity contribution in [2.24, 2.45) is 0 Å². The Bertz CT molecular complexity index is 893. The van der Waals surface area contributed by atoms with Crippen molar-refractivity contribution in [1.82, 2.24) is 24.3 Å². The molecule has 1 aliphatic heterocycles. The molecule has 1 saturated heterocycles. The number of imidazole rings is 1. The van der Waals surface area contributed by atoms with Crippen molar-refractivity contribution in [1.29, 1.82) is 0 Å². The van der Waals surface area contributed by atoms with Crippen molar-refractivity contribution in [3.63, 3.8) is 0 Å².